The quantitative estimate of drug-likeness (QED) is 0.854. The molecule has 0 saturated carbocycles. The van der Waals surface area contributed by atoms with Crippen molar-refractivity contribution in [2.45, 2.75) is 12.5 Å². The van der Waals surface area contributed by atoms with Crippen LogP contribution in [0.4, 0.5) is 0 Å². The van der Waals surface area contributed by atoms with Crippen LogP contribution in [0.1, 0.15) is 16.9 Å². The number of amides is 1. The molecule has 0 spiro atoms. The van der Waals surface area contributed by atoms with Gasteiger partial charge < -0.3 is 5.32 Å². The average Bonchev–Trinajstić information content (AvgIpc) is 2.92. The Bertz CT molecular complexity index is 703. The number of carbonyl (C=O) groups is 1. The summed E-state index contributed by atoms with van der Waals surface area (Å²) in [7, 11) is -2.99. The van der Waals surface area contributed by atoms with Crippen molar-refractivity contribution in [3.05, 3.63) is 36.2 Å². The lowest BCUT2D eigenvalue weighted by molar-refractivity contribution is 0.0936. The highest BCUT2D eigenvalue weighted by atomic mass is 32.2. The third-order valence-electron chi connectivity index (χ3n) is 3.17. The molecule has 1 unspecified atom stereocenters. The summed E-state index contributed by atoms with van der Waals surface area (Å²) in [6, 6.07) is 6.91. The van der Waals surface area contributed by atoms with E-state index < -0.39 is 9.84 Å². The van der Waals surface area contributed by atoms with Gasteiger partial charge in [0.2, 0.25) is 0 Å². The van der Waals surface area contributed by atoms with E-state index in [0.717, 1.165) is 5.52 Å². The van der Waals surface area contributed by atoms with Crippen LogP contribution in [0, 0.1) is 0 Å². The highest BCUT2D eigenvalue weighted by Gasteiger charge is 2.29. The van der Waals surface area contributed by atoms with Gasteiger partial charge in [-0.2, -0.15) is 5.10 Å². The maximum Gasteiger partial charge on any atom is 0.272 e. The van der Waals surface area contributed by atoms with Crippen LogP contribution in [0.3, 0.4) is 0 Å². The summed E-state index contributed by atoms with van der Waals surface area (Å²) in [4.78, 5) is 12.0. The second kappa shape index (κ2) is 4.34. The molecule has 1 N–H and O–H groups in total. The lowest BCUT2D eigenvalue weighted by atomic mass is 10.2. The maximum atomic E-state index is 12.0. The largest absolute Gasteiger partial charge is 0.347 e. The van der Waals surface area contributed by atoms with Crippen LogP contribution in [0.15, 0.2) is 30.5 Å². The van der Waals surface area contributed by atoms with Crippen LogP contribution >= 0.6 is 0 Å². The molecule has 1 aliphatic rings. The molecule has 3 heterocycles. The van der Waals surface area contributed by atoms with Crippen molar-refractivity contribution >= 4 is 21.3 Å². The Morgan fingerprint density at radius 3 is 2.95 bits per heavy atom. The first-order chi connectivity index (χ1) is 9.03. The number of carbonyl (C=O) groups excluding carboxylic acids is 1. The third kappa shape index (κ3) is 2.46. The molecule has 1 fully saturated rings. The average molecular weight is 279 g/mol. The smallest absolute Gasteiger partial charge is 0.272 e. The highest BCUT2D eigenvalue weighted by Crippen LogP contribution is 2.12. The molecule has 3 rings (SSSR count). The molecule has 6 nitrogen and oxygen atoms in total. The number of hydrogen-bond donors (Lipinski definition) is 1. The number of pyridine rings is 1. The van der Waals surface area contributed by atoms with Crippen molar-refractivity contribution < 1.29 is 13.2 Å². The zero-order valence-corrected chi connectivity index (χ0v) is 10.9. The number of aromatic nitrogens is 2. The minimum atomic E-state index is -2.99. The van der Waals surface area contributed by atoms with Gasteiger partial charge >= 0.3 is 0 Å². The molecular formula is C12H13N3O3S. The van der Waals surface area contributed by atoms with E-state index in [2.05, 4.69) is 10.4 Å². The van der Waals surface area contributed by atoms with Gasteiger partial charge in [-0.3, -0.25) is 4.79 Å². The minimum absolute atomic E-state index is 0.0200. The van der Waals surface area contributed by atoms with Gasteiger partial charge in [0.1, 0.15) is 0 Å². The van der Waals surface area contributed by atoms with E-state index in [4.69, 9.17) is 0 Å². The lowest BCUT2D eigenvalue weighted by Crippen LogP contribution is -2.35. The number of nitrogens with one attached hydrogen (secondary N) is 1. The van der Waals surface area contributed by atoms with Gasteiger partial charge in [0.05, 0.1) is 17.0 Å². The van der Waals surface area contributed by atoms with Crippen LogP contribution in [0.5, 0.6) is 0 Å². The fraction of sp³-hybridized carbons (Fsp3) is 0.333. The van der Waals surface area contributed by atoms with Gasteiger partial charge in [-0.25, -0.2) is 12.9 Å². The van der Waals surface area contributed by atoms with Crippen molar-refractivity contribution in [2.75, 3.05) is 11.5 Å². The second-order valence-corrected chi connectivity index (χ2v) is 6.90. The minimum Gasteiger partial charge on any atom is -0.347 e. The summed E-state index contributed by atoms with van der Waals surface area (Å²) < 4.78 is 24.3. The third-order valence-corrected chi connectivity index (χ3v) is 4.94. The zero-order valence-electron chi connectivity index (χ0n) is 10.1. The second-order valence-electron chi connectivity index (χ2n) is 4.67. The molecule has 2 aromatic rings. The number of nitrogens with zero attached hydrogens (tertiary/aromatic N) is 2. The molecule has 1 atom stereocenters. The summed E-state index contributed by atoms with van der Waals surface area (Å²) in [6.45, 7) is 0. The van der Waals surface area contributed by atoms with Gasteiger partial charge in [-0.05, 0) is 24.6 Å². The molecule has 0 aliphatic carbocycles. The molecule has 0 bridgehead atoms. The summed E-state index contributed by atoms with van der Waals surface area (Å²) in [5, 5.41) is 6.86. The van der Waals surface area contributed by atoms with Gasteiger partial charge in [-0.15, -0.1) is 0 Å². The van der Waals surface area contributed by atoms with Crippen LogP contribution < -0.4 is 5.32 Å². The number of sulfone groups is 1. The Kier molecular flexibility index (Phi) is 2.78. The van der Waals surface area contributed by atoms with Crippen molar-refractivity contribution in [1.82, 2.24) is 14.9 Å². The number of rotatable bonds is 2. The number of hydrogen-bond acceptors (Lipinski definition) is 4. The van der Waals surface area contributed by atoms with Crippen LogP contribution in [0.2, 0.25) is 0 Å². The summed E-state index contributed by atoms with van der Waals surface area (Å²) in [5.41, 5.74) is 1.13. The molecule has 100 valence electrons. The predicted octanol–water partition coefficient (Wildman–Crippen LogP) is 0.251. The SMILES string of the molecule is O=C(NC1CCS(=O)(=O)C1)c1cc2ccccn2n1. The summed E-state index contributed by atoms with van der Waals surface area (Å²) >= 11 is 0. The van der Waals surface area contributed by atoms with Crippen molar-refractivity contribution in [2.24, 2.45) is 0 Å². The highest BCUT2D eigenvalue weighted by molar-refractivity contribution is 7.91. The van der Waals surface area contributed by atoms with E-state index in [-0.39, 0.29) is 23.5 Å². The Morgan fingerprint density at radius 2 is 2.26 bits per heavy atom. The van der Waals surface area contributed by atoms with Gasteiger partial charge in [0.25, 0.3) is 5.91 Å². The topological polar surface area (TPSA) is 80.5 Å². The summed E-state index contributed by atoms with van der Waals surface area (Å²) in [5.74, 6) is -0.166. The van der Waals surface area contributed by atoms with E-state index in [1.807, 2.05) is 18.2 Å². The zero-order chi connectivity index (χ0) is 13.5. The van der Waals surface area contributed by atoms with Crippen LogP contribution in [0.25, 0.3) is 5.52 Å². The van der Waals surface area contributed by atoms with Crippen molar-refractivity contribution in [3.8, 4) is 0 Å². The monoisotopic (exact) mass is 279 g/mol. The first kappa shape index (κ1) is 12.2. The molecule has 0 radical (unpaired) electrons. The first-order valence-electron chi connectivity index (χ1n) is 5.99. The normalized spacial score (nSPS) is 21.6. The number of fused-ring (bicyclic) bond motifs is 1. The Labute approximate surface area is 110 Å². The Balaban J connectivity index is 1.77. The molecular weight excluding hydrogens is 266 g/mol. The fourth-order valence-electron chi connectivity index (χ4n) is 2.22. The van der Waals surface area contributed by atoms with E-state index in [1.54, 1.807) is 16.8 Å². The molecule has 0 aromatic carbocycles. The van der Waals surface area contributed by atoms with E-state index in [9.17, 15) is 13.2 Å². The van der Waals surface area contributed by atoms with Crippen LogP contribution in [-0.4, -0.2) is 41.5 Å². The molecule has 2 aromatic heterocycles. The van der Waals surface area contributed by atoms with E-state index in [0.29, 0.717) is 12.1 Å². The summed E-state index contributed by atoms with van der Waals surface area (Å²) in [6.07, 6.45) is 2.23. The first-order valence-corrected chi connectivity index (χ1v) is 7.81. The van der Waals surface area contributed by atoms with Crippen molar-refractivity contribution in [1.29, 1.82) is 0 Å². The Hall–Kier alpha value is -1.89. The molecule has 1 saturated heterocycles. The maximum absolute atomic E-state index is 12.0. The van der Waals surface area contributed by atoms with Gasteiger partial charge in [-0.1, -0.05) is 6.07 Å². The molecule has 7 heteroatoms. The van der Waals surface area contributed by atoms with Crippen molar-refractivity contribution in [3.63, 3.8) is 0 Å². The van der Waals surface area contributed by atoms with Gasteiger partial charge in [0.15, 0.2) is 15.5 Å². The molecule has 1 amide bonds. The van der Waals surface area contributed by atoms with Crippen LogP contribution in [-0.2, 0) is 9.84 Å². The predicted molar refractivity (Wildman–Crippen MR) is 69.7 cm³/mol. The fourth-order valence-corrected chi connectivity index (χ4v) is 3.89. The van der Waals surface area contributed by atoms with Gasteiger partial charge in [0, 0.05) is 12.2 Å². The lowest BCUT2D eigenvalue weighted by Gasteiger charge is -2.08. The Morgan fingerprint density at radius 1 is 1.42 bits per heavy atom. The van der Waals surface area contributed by atoms with E-state index in [1.165, 1.54) is 0 Å². The van der Waals surface area contributed by atoms with E-state index >= 15 is 0 Å². The standard InChI is InChI=1S/C12H13N3O3S/c16-12(13-9-4-6-19(17,18)8-9)11-7-10-3-1-2-5-15(10)14-11/h1-3,5,7,9H,4,6,8H2,(H,13,16). The molecule has 1 aliphatic heterocycles. The molecule has 19 heavy (non-hydrogen) atoms.